The fourth-order valence-corrected chi connectivity index (χ4v) is 2.05. The van der Waals surface area contributed by atoms with Gasteiger partial charge in [0.25, 0.3) is 0 Å². The quantitative estimate of drug-likeness (QED) is 0.828. The first-order chi connectivity index (χ1) is 7.92. The summed E-state index contributed by atoms with van der Waals surface area (Å²) in [4.78, 5) is 7.69. The van der Waals surface area contributed by atoms with E-state index in [1.54, 1.807) is 0 Å². The monoisotopic (exact) mass is 217 g/mol. The van der Waals surface area contributed by atoms with Crippen molar-refractivity contribution in [2.24, 2.45) is 0 Å². The Balaban J connectivity index is 1.69. The number of nitrogens with one attached hydrogen (secondary N) is 2. The molecular weight excluding hydrogens is 202 g/mol. The molecule has 0 spiro atoms. The standard InChI is InChI=1S/C12H15N3O/c1-2-6-11-10(5-1)14-12(15-11)13-8-9-4-3-7-16-9/h1-2,5-6,9H,3-4,7-8H2,(H2,13,14,15). The molecule has 0 radical (unpaired) electrons. The van der Waals surface area contributed by atoms with Gasteiger partial charge in [0.2, 0.25) is 5.95 Å². The highest BCUT2D eigenvalue weighted by atomic mass is 16.5. The molecule has 2 N–H and O–H groups in total. The lowest BCUT2D eigenvalue weighted by molar-refractivity contribution is 0.120. The van der Waals surface area contributed by atoms with E-state index in [1.165, 1.54) is 6.42 Å². The molecule has 4 nitrogen and oxygen atoms in total. The maximum Gasteiger partial charge on any atom is 0.201 e. The van der Waals surface area contributed by atoms with Gasteiger partial charge in [0.15, 0.2) is 0 Å². The zero-order chi connectivity index (χ0) is 10.8. The fourth-order valence-electron chi connectivity index (χ4n) is 2.05. The molecule has 4 heteroatoms. The average molecular weight is 217 g/mol. The number of nitrogens with zero attached hydrogens (tertiary/aromatic N) is 1. The van der Waals surface area contributed by atoms with Gasteiger partial charge in [-0.1, -0.05) is 12.1 Å². The molecule has 0 aliphatic carbocycles. The van der Waals surface area contributed by atoms with Gasteiger partial charge in [-0.15, -0.1) is 0 Å². The summed E-state index contributed by atoms with van der Waals surface area (Å²) in [5.74, 6) is 0.830. The number of hydrogen-bond acceptors (Lipinski definition) is 3. The number of aromatic nitrogens is 2. The van der Waals surface area contributed by atoms with Crippen LogP contribution in [0.5, 0.6) is 0 Å². The SMILES string of the molecule is c1ccc2[nH]c(NCC3CCCO3)nc2c1. The largest absolute Gasteiger partial charge is 0.376 e. The number of para-hydroxylation sites is 2. The van der Waals surface area contributed by atoms with Crippen LogP contribution >= 0.6 is 0 Å². The number of benzene rings is 1. The molecule has 0 amide bonds. The molecule has 1 aromatic carbocycles. The topological polar surface area (TPSA) is 49.9 Å². The van der Waals surface area contributed by atoms with E-state index in [1.807, 2.05) is 24.3 Å². The van der Waals surface area contributed by atoms with Crippen LogP contribution in [0.25, 0.3) is 11.0 Å². The van der Waals surface area contributed by atoms with Crippen molar-refractivity contribution >= 4 is 17.0 Å². The Morgan fingerprint density at radius 2 is 2.38 bits per heavy atom. The van der Waals surface area contributed by atoms with Crippen molar-refractivity contribution in [3.63, 3.8) is 0 Å². The summed E-state index contributed by atoms with van der Waals surface area (Å²) in [6.07, 6.45) is 2.66. The third-order valence-electron chi connectivity index (χ3n) is 2.91. The van der Waals surface area contributed by atoms with Crippen LogP contribution in [0.1, 0.15) is 12.8 Å². The molecule has 1 saturated heterocycles. The molecule has 3 rings (SSSR count). The lowest BCUT2D eigenvalue weighted by Crippen LogP contribution is -2.18. The number of aromatic amines is 1. The second-order valence-corrected chi connectivity index (χ2v) is 4.12. The van der Waals surface area contributed by atoms with Crippen molar-refractivity contribution in [1.82, 2.24) is 9.97 Å². The summed E-state index contributed by atoms with van der Waals surface area (Å²) < 4.78 is 5.54. The molecule has 84 valence electrons. The third-order valence-corrected chi connectivity index (χ3v) is 2.91. The van der Waals surface area contributed by atoms with Gasteiger partial charge in [-0.05, 0) is 25.0 Å². The van der Waals surface area contributed by atoms with E-state index < -0.39 is 0 Å². The molecule has 2 heterocycles. The predicted octanol–water partition coefficient (Wildman–Crippen LogP) is 2.15. The Kier molecular flexibility index (Phi) is 2.50. The molecule has 1 atom stereocenters. The predicted molar refractivity (Wildman–Crippen MR) is 63.6 cm³/mol. The summed E-state index contributed by atoms with van der Waals surface area (Å²) in [6.45, 7) is 1.73. The Morgan fingerprint density at radius 3 is 3.19 bits per heavy atom. The van der Waals surface area contributed by atoms with Gasteiger partial charge < -0.3 is 15.0 Å². The van der Waals surface area contributed by atoms with Crippen LogP contribution in [0, 0.1) is 0 Å². The van der Waals surface area contributed by atoms with E-state index in [0.29, 0.717) is 6.10 Å². The molecule has 0 saturated carbocycles. The molecule has 2 aromatic rings. The van der Waals surface area contributed by atoms with Gasteiger partial charge in [0.1, 0.15) is 0 Å². The van der Waals surface area contributed by atoms with E-state index in [9.17, 15) is 0 Å². The number of ether oxygens (including phenoxy) is 1. The van der Waals surface area contributed by atoms with Gasteiger partial charge >= 0.3 is 0 Å². The van der Waals surface area contributed by atoms with Crippen LogP contribution in [-0.4, -0.2) is 29.2 Å². The molecule has 1 aliphatic rings. The van der Waals surface area contributed by atoms with Gasteiger partial charge in [-0.2, -0.15) is 0 Å². The number of rotatable bonds is 3. The number of anilines is 1. The molecule has 1 aromatic heterocycles. The first-order valence-electron chi connectivity index (χ1n) is 5.72. The zero-order valence-corrected chi connectivity index (χ0v) is 9.07. The summed E-state index contributed by atoms with van der Waals surface area (Å²) in [6, 6.07) is 8.03. The van der Waals surface area contributed by atoms with Crippen LogP contribution < -0.4 is 5.32 Å². The molecule has 1 unspecified atom stereocenters. The second kappa shape index (κ2) is 4.14. The highest BCUT2D eigenvalue weighted by Crippen LogP contribution is 2.15. The summed E-state index contributed by atoms with van der Waals surface area (Å²) in [5.41, 5.74) is 2.06. The molecule has 1 aliphatic heterocycles. The first kappa shape index (κ1) is 9.66. The number of H-pyrrole nitrogens is 1. The second-order valence-electron chi connectivity index (χ2n) is 4.12. The number of hydrogen-bond donors (Lipinski definition) is 2. The minimum atomic E-state index is 0.341. The van der Waals surface area contributed by atoms with Crippen molar-refractivity contribution in [2.45, 2.75) is 18.9 Å². The van der Waals surface area contributed by atoms with E-state index >= 15 is 0 Å². The Hall–Kier alpha value is -1.55. The Labute approximate surface area is 94.0 Å². The van der Waals surface area contributed by atoms with Crippen molar-refractivity contribution < 1.29 is 4.74 Å². The van der Waals surface area contributed by atoms with Crippen molar-refractivity contribution in [1.29, 1.82) is 0 Å². The summed E-state index contributed by atoms with van der Waals surface area (Å²) in [7, 11) is 0. The zero-order valence-electron chi connectivity index (χ0n) is 9.07. The van der Waals surface area contributed by atoms with Crippen LogP contribution in [0.2, 0.25) is 0 Å². The van der Waals surface area contributed by atoms with E-state index in [0.717, 1.165) is 36.6 Å². The van der Waals surface area contributed by atoms with E-state index in [4.69, 9.17) is 4.74 Å². The van der Waals surface area contributed by atoms with Crippen LogP contribution in [-0.2, 0) is 4.74 Å². The maximum atomic E-state index is 5.54. The van der Waals surface area contributed by atoms with E-state index in [-0.39, 0.29) is 0 Å². The van der Waals surface area contributed by atoms with Gasteiger partial charge in [-0.3, -0.25) is 0 Å². The van der Waals surface area contributed by atoms with Gasteiger partial charge in [-0.25, -0.2) is 4.98 Å². The normalized spacial score (nSPS) is 20.4. The van der Waals surface area contributed by atoms with E-state index in [2.05, 4.69) is 15.3 Å². The fraction of sp³-hybridized carbons (Fsp3) is 0.417. The van der Waals surface area contributed by atoms with Crippen molar-refractivity contribution in [3.05, 3.63) is 24.3 Å². The highest BCUT2D eigenvalue weighted by Gasteiger charge is 2.15. The maximum absolute atomic E-state index is 5.54. The molecule has 1 fully saturated rings. The summed E-state index contributed by atoms with van der Waals surface area (Å²) >= 11 is 0. The van der Waals surface area contributed by atoms with Crippen molar-refractivity contribution in [3.8, 4) is 0 Å². The highest BCUT2D eigenvalue weighted by molar-refractivity contribution is 5.77. The van der Waals surface area contributed by atoms with Crippen LogP contribution in [0.15, 0.2) is 24.3 Å². The Morgan fingerprint density at radius 1 is 1.44 bits per heavy atom. The lowest BCUT2D eigenvalue weighted by Gasteiger charge is -2.09. The average Bonchev–Trinajstić information content (AvgIpc) is 2.95. The number of fused-ring (bicyclic) bond motifs is 1. The van der Waals surface area contributed by atoms with Gasteiger partial charge in [0, 0.05) is 13.2 Å². The number of imidazole rings is 1. The van der Waals surface area contributed by atoms with Crippen LogP contribution in [0.4, 0.5) is 5.95 Å². The third kappa shape index (κ3) is 1.88. The first-order valence-corrected chi connectivity index (χ1v) is 5.72. The molecule has 16 heavy (non-hydrogen) atoms. The smallest absolute Gasteiger partial charge is 0.201 e. The van der Waals surface area contributed by atoms with Gasteiger partial charge in [0.05, 0.1) is 17.1 Å². The Bertz CT molecular complexity index is 441. The van der Waals surface area contributed by atoms with Crippen LogP contribution in [0.3, 0.4) is 0 Å². The lowest BCUT2D eigenvalue weighted by atomic mass is 10.2. The summed E-state index contributed by atoms with van der Waals surface area (Å²) in [5, 5.41) is 3.28. The van der Waals surface area contributed by atoms with Crippen molar-refractivity contribution in [2.75, 3.05) is 18.5 Å². The molecule has 0 bridgehead atoms. The minimum absolute atomic E-state index is 0.341. The minimum Gasteiger partial charge on any atom is -0.376 e. The molecular formula is C12H15N3O.